The Morgan fingerprint density at radius 3 is 2.60 bits per heavy atom. The van der Waals surface area contributed by atoms with E-state index in [0.717, 1.165) is 30.7 Å². The number of carbonyl (C=O) groups excluding carboxylic acids is 2. The van der Waals surface area contributed by atoms with E-state index in [1.165, 1.54) is 0 Å². The van der Waals surface area contributed by atoms with Crippen molar-refractivity contribution in [3.63, 3.8) is 0 Å². The molecule has 0 bridgehead atoms. The summed E-state index contributed by atoms with van der Waals surface area (Å²) in [7, 11) is 0. The van der Waals surface area contributed by atoms with Crippen molar-refractivity contribution in [3.05, 3.63) is 64.7 Å². The van der Waals surface area contributed by atoms with Crippen LogP contribution in [0.2, 0.25) is 5.02 Å². The van der Waals surface area contributed by atoms with Crippen LogP contribution in [0.15, 0.2) is 48.5 Å². The minimum atomic E-state index is -0.0866. The number of amides is 2. The van der Waals surface area contributed by atoms with E-state index in [-0.39, 0.29) is 23.8 Å². The lowest BCUT2D eigenvalue weighted by Crippen LogP contribution is -2.42. The molecule has 1 aliphatic rings. The standard InChI is InChI=1S/C24H29ClN2O3/c1-17(2)26-24(29)19-9-11-21(12-10-19)30-16-18-6-5-13-27(15-18)23(28)14-20-7-3-4-8-22(20)25/h3-4,7-12,17-18H,5-6,13-16H2,1-2H3,(H,26,29)/t18-/m0/s1. The minimum Gasteiger partial charge on any atom is -0.493 e. The number of likely N-dealkylation sites (tertiary alicyclic amines) is 1. The highest BCUT2D eigenvalue weighted by atomic mass is 35.5. The van der Waals surface area contributed by atoms with Crippen LogP contribution in [0.3, 0.4) is 0 Å². The molecule has 30 heavy (non-hydrogen) atoms. The zero-order valence-electron chi connectivity index (χ0n) is 17.6. The van der Waals surface area contributed by atoms with Crippen molar-refractivity contribution in [2.75, 3.05) is 19.7 Å². The molecular formula is C24H29ClN2O3. The van der Waals surface area contributed by atoms with Crippen LogP contribution in [0.25, 0.3) is 0 Å². The molecule has 2 aromatic rings. The van der Waals surface area contributed by atoms with Gasteiger partial charge < -0.3 is 15.0 Å². The summed E-state index contributed by atoms with van der Waals surface area (Å²) in [6.07, 6.45) is 2.33. The summed E-state index contributed by atoms with van der Waals surface area (Å²) in [4.78, 5) is 26.6. The summed E-state index contributed by atoms with van der Waals surface area (Å²) in [6, 6.07) is 14.8. The van der Waals surface area contributed by atoms with Gasteiger partial charge in [-0.15, -0.1) is 0 Å². The number of ether oxygens (including phenoxy) is 1. The molecule has 1 N–H and O–H groups in total. The van der Waals surface area contributed by atoms with E-state index in [1.807, 2.05) is 55.1 Å². The Kier molecular flexibility index (Phi) is 7.75. The Morgan fingerprint density at radius 1 is 1.17 bits per heavy atom. The molecule has 160 valence electrons. The van der Waals surface area contributed by atoms with Crippen LogP contribution in [-0.4, -0.2) is 42.5 Å². The normalized spacial score (nSPS) is 16.4. The summed E-state index contributed by atoms with van der Waals surface area (Å²) in [6.45, 7) is 5.88. The number of carbonyl (C=O) groups is 2. The fourth-order valence-corrected chi connectivity index (χ4v) is 3.81. The number of rotatable bonds is 7. The van der Waals surface area contributed by atoms with Crippen molar-refractivity contribution in [2.24, 2.45) is 5.92 Å². The monoisotopic (exact) mass is 428 g/mol. The molecule has 2 aromatic carbocycles. The lowest BCUT2D eigenvalue weighted by molar-refractivity contribution is -0.132. The smallest absolute Gasteiger partial charge is 0.251 e. The van der Waals surface area contributed by atoms with Gasteiger partial charge in [-0.3, -0.25) is 9.59 Å². The molecule has 3 rings (SSSR count). The van der Waals surface area contributed by atoms with E-state index in [4.69, 9.17) is 16.3 Å². The van der Waals surface area contributed by atoms with Crippen molar-refractivity contribution in [1.82, 2.24) is 10.2 Å². The average molecular weight is 429 g/mol. The highest BCUT2D eigenvalue weighted by Gasteiger charge is 2.24. The van der Waals surface area contributed by atoms with E-state index in [9.17, 15) is 9.59 Å². The van der Waals surface area contributed by atoms with Gasteiger partial charge in [0.2, 0.25) is 5.91 Å². The second-order valence-corrected chi connectivity index (χ2v) is 8.49. The molecule has 5 nitrogen and oxygen atoms in total. The maximum Gasteiger partial charge on any atom is 0.251 e. The van der Waals surface area contributed by atoms with Gasteiger partial charge in [0.05, 0.1) is 13.0 Å². The molecule has 0 aliphatic carbocycles. The number of hydrogen-bond acceptors (Lipinski definition) is 3. The van der Waals surface area contributed by atoms with Gasteiger partial charge in [0, 0.05) is 35.6 Å². The Morgan fingerprint density at radius 2 is 1.90 bits per heavy atom. The van der Waals surface area contributed by atoms with Crippen LogP contribution < -0.4 is 10.1 Å². The number of nitrogens with one attached hydrogen (secondary N) is 1. The molecule has 0 unspecified atom stereocenters. The number of hydrogen-bond donors (Lipinski definition) is 1. The van der Waals surface area contributed by atoms with E-state index in [2.05, 4.69) is 5.32 Å². The Bertz CT molecular complexity index is 867. The van der Waals surface area contributed by atoms with Gasteiger partial charge in [0.25, 0.3) is 5.91 Å². The zero-order valence-corrected chi connectivity index (χ0v) is 18.3. The van der Waals surface area contributed by atoms with Gasteiger partial charge in [0.15, 0.2) is 0 Å². The molecule has 1 aliphatic heterocycles. The van der Waals surface area contributed by atoms with E-state index < -0.39 is 0 Å². The Hall–Kier alpha value is -2.53. The van der Waals surface area contributed by atoms with Gasteiger partial charge >= 0.3 is 0 Å². The number of halogens is 1. The molecule has 1 fully saturated rings. The van der Waals surface area contributed by atoms with Crippen molar-refractivity contribution in [2.45, 2.75) is 39.2 Å². The number of nitrogens with zero attached hydrogens (tertiary/aromatic N) is 1. The lowest BCUT2D eigenvalue weighted by atomic mass is 9.98. The summed E-state index contributed by atoms with van der Waals surface area (Å²) < 4.78 is 5.94. The third kappa shape index (κ3) is 6.23. The third-order valence-corrected chi connectivity index (χ3v) is 5.56. The van der Waals surface area contributed by atoms with Crippen molar-refractivity contribution in [3.8, 4) is 5.75 Å². The maximum absolute atomic E-state index is 12.7. The van der Waals surface area contributed by atoms with E-state index in [0.29, 0.717) is 30.2 Å². The molecular weight excluding hydrogens is 400 g/mol. The van der Waals surface area contributed by atoms with Crippen molar-refractivity contribution >= 4 is 23.4 Å². The van der Waals surface area contributed by atoms with E-state index in [1.54, 1.807) is 12.1 Å². The molecule has 6 heteroatoms. The van der Waals surface area contributed by atoms with Crippen LogP contribution in [0.5, 0.6) is 5.75 Å². The molecule has 1 heterocycles. The fourth-order valence-electron chi connectivity index (χ4n) is 3.61. The first-order valence-electron chi connectivity index (χ1n) is 10.5. The van der Waals surface area contributed by atoms with Crippen molar-refractivity contribution in [1.29, 1.82) is 0 Å². The summed E-state index contributed by atoms with van der Waals surface area (Å²) in [5.74, 6) is 1.04. The predicted molar refractivity (Wildman–Crippen MR) is 119 cm³/mol. The zero-order chi connectivity index (χ0) is 21.5. The second kappa shape index (κ2) is 10.5. The molecule has 1 saturated heterocycles. The van der Waals surface area contributed by atoms with E-state index >= 15 is 0 Å². The molecule has 2 amide bonds. The highest BCUT2D eigenvalue weighted by Crippen LogP contribution is 2.22. The van der Waals surface area contributed by atoms with Crippen LogP contribution in [0.1, 0.15) is 42.6 Å². The highest BCUT2D eigenvalue weighted by molar-refractivity contribution is 6.31. The SMILES string of the molecule is CC(C)NC(=O)c1ccc(OC[C@H]2CCCN(C(=O)Cc3ccccc3Cl)C2)cc1. The number of piperidine rings is 1. The quantitative estimate of drug-likeness (QED) is 0.713. The predicted octanol–water partition coefficient (Wildman–Crippen LogP) is 4.34. The fraction of sp³-hybridized carbons (Fsp3) is 0.417. The van der Waals surface area contributed by atoms with Crippen LogP contribution in [0, 0.1) is 5.92 Å². The summed E-state index contributed by atoms with van der Waals surface area (Å²) in [5, 5.41) is 3.51. The van der Waals surface area contributed by atoms with Gasteiger partial charge in [-0.05, 0) is 62.6 Å². The molecule has 1 atom stereocenters. The molecule has 0 radical (unpaired) electrons. The first kappa shape index (κ1) is 22.2. The molecule has 0 saturated carbocycles. The summed E-state index contributed by atoms with van der Waals surface area (Å²) >= 11 is 6.19. The first-order valence-corrected chi connectivity index (χ1v) is 10.8. The molecule has 0 spiro atoms. The van der Waals surface area contributed by atoms with Gasteiger partial charge in [0.1, 0.15) is 5.75 Å². The third-order valence-electron chi connectivity index (χ3n) is 5.19. The van der Waals surface area contributed by atoms with Crippen LogP contribution in [-0.2, 0) is 11.2 Å². The van der Waals surface area contributed by atoms with Crippen LogP contribution >= 0.6 is 11.6 Å². The van der Waals surface area contributed by atoms with Crippen LogP contribution in [0.4, 0.5) is 0 Å². The summed E-state index contributed by atoms with van der Waals surface area (Å²) in [5.41, 5.74) is 1.48. The van der Waals surface area contributed by atoms with Crippen molar-refractivity contribution < 1.29 is 14.3 Å². The minimum absolute atomic E-state index is 0.0866. The van der Waals surface area contributed by atoms with Gasteiger partial charge in [-0.25, -0.2) is 0 Å². The topological polar surface area (TPSA) is 58.6 Å². The van der Waals surface area contributed by atoms with Gasteiger partial charge in [-0.1, -0.05) is 29.8 Å². The average Bonchev–Trinajstić information content (AvgIpc) is 2.74. The second-order valence-electron chi connectivity index (χ2n) is 8.08. The Labute approximate surface area is 183 Å². The molecule has 0 aromatic heterocycles. The van der Waals surface area contributed by atoms with Gasteiger partial charge in [-0.2, -0.15) is 0 Å². The number of benzene rings is 2. The Balaban J connectivity index is 1.49. The maximum atomic E-state index is 12.7. The largest absolute Gasteiger partial charge is 0.493 e. The lowest BCUT2D eigenvalue weighted by Gasteiger charge is -2.33. The first-order chi connectivity index (χ1) is 14.4.